The number of hydrogen-bond acceptors (Lipinski definition) is 8. The van der Waals surface area contributed by atoms with Crippen molar-refractivity contribution in [2.75, 3.05) is 20.2 Å². The van der Waals surface area contributed by atoms with Gasteiger partial charge in [0.1, 0.15) is 13.2 Å². The second kappa shape index (κ2) is 11.4. The Morgan fingerprint density at radius 2 is 1.78 bits per heavy atom. The van der Waals surface area contributed by atoms with Crippen LogP contribution in [0, 0.1) is 10.1 Å². The highest BCUT2D eigenvalue weighted by Crippen LogP contribution is 2.23. The maximum atomic E-state index is 13.3. The maximum absolute atomic E-state index is 13.3. The number of nitro benzene ring substituents is 1. The number of carbonyl (C=O) groups is 2. The number of pyridine rings is 1. The van der Waals surface area contributed by atoms with Gasteiger partial charge in [0.25, 0.3) is 11.6 Å². The molecule has 1 aliphatic heterocycles. The van der Waals surface area contributed by atoms with Gasteiger partial charge in [0.15, 0.2) is 0 Å². The van der Waals surface area contributed by atoms with Gasteiger partial charge in [0.05, 0.1) is 23.3 Å². The summed E-state index contributed by atoms with van der Waals surface area (Å²) in [6.07, 6.45) is 2.49. The average Bonchev–Trinajstić information content (AvgIpc) is 3.36. The van der Waals surface area contributed by atoms with Gasteiger partial charge in [-0.15, -0.1) is 0 Å². The highest BCUT2D eigenvalue weighted by molar-refractivity contribution is 6.05. The highest BCUT2D eigenvalue weighted by Gasteiger charge is 2.38. The lowest BCUT2D eigenvalue weighted by Crippen LogP contribution is -2.46. The number of benzene rings is 2. The molecule has 2 heterocycles. The maximum Gasteiger partial charge on any atom is 0.269 e. The molecule has 2 amide bonds. The zero-order chi connectivity index (χ0) is 26.4. The van der Waals surface area contributed by atoms with Gasteiger partial charge in [0.2, 0.25) is 5.91 Å². The summed E-state index contributed by atoms with van der Waals surface area (Å²) in [4.78, 5) is 47.0. The van der Waals surface area contributed by atoms with Crippen LogP contribution >= 0.6 is 0 Å². The van der Waals surface area contributed by atoms with Crippen molar-refractivity contribution in [3.05, 3.63) is 94.3 Å². The standard InChI is InChI=1S/C26H25N5O6/c1-37-29-21-14-23(25(33)28-15-24(32)19-6-8-22(9-7-19)31(35)36)30(16-21)26(34)20-4-2-17(3-5-20)18-10-12-27-13-11-18/h2-13,23-24,32H,14-16H2,1H3,(H,28,33)/b29-21-/t23?,24-/m1/s1. The van der Waals surface area contributed by atoms with Gasteiger partial charge in [0, 0.05) is 43.1 Å². The molecule has 4 rings (SSSR count). The molecule has 1 fully saturated rings. The molecular formula is C26H25N5O6. The monoisotopic (exact) mass is 503 g/mol. The average molecular weight is 504 g/mol. The van der Waals surface area contributed by atoms with E-state index in [-0.39, 0.29) is 31.1 Å². The molecule has 2 atom stereocenters. The van der Waals surface area contributed by atoms with Gasteiger partial charge < -0.3 is 20.2 Å². The first-order valence-corrected chi connectivity index (χ1v) is 11.5. The quantitative estimate of drug-likeness (QED) is 0.355. The first-order valence-electron chi connectivity index (χ1n) is 11.5. The van der Waals surface area contributed by atoms with Crippen LogP contribution < -0.4 is 5.32 Å². The number of amides is 2. The number of nitrogens with one attached hydrogen (secondary N) is 1. The molecule has 0 spiro atoms. The normalized spacial score (nSPS) is 16.9. The van der Waals surface area contributed by atoms with Crippen molar-refractivity contribution in [3.8, 4) is 11.1 Å². The van der Waals surface area contributed by atoms with Crippen LogP contribution in [-0.2, 0) is 9.63 Å². The first-order chi connectivity index (χ1) is 17.9. The Balaban J connectivity index is 1.45. The number of non-ortho nitro benzene ring substituents is 1. The van der Waals surface area contributed by atoms with E-state index in [0.29, 0.717) is 16.8 Å². The molecule has 1 unspecified atom stereocenters. The van der Waals surface area contributed by atoms with Crippen LogP contribution in [-0.4, -0.2) is 63.7 Å². The Morgan fingerprint density at radius 1 is 1.14 bits per heavy atom. The summed E-state index contributed by atoms with van der Waals surface area (Å²) in [7, 11) is 1.39. The molecule has 1 aromatic heterocycles. The van der Waals surface area contributed by atoms with Crippen molar-refractivity contribution < 1.29 is 24.5 Å². The van der Waals surface area contributed by atoms with Crippen LogP contribution in [0.25, 0.3) is 11.1 Å². The Hall–Kier alpha value is -4.64. The molecule has 1 saturated heterocycles. The van der Waals surface area contributed by atoms with Gasteiger partial charge in [-0.1, -0.05) is 17.3 Å². The van der Waals surface area contributed by atoms with Crippen molar-refractivity contribution in [2.24, 2.45) is 5.16 Å². The minimum Gasteiger partial charge on any atom is -0.399 e. The minimum atomic E-state index is -1.08. The number of oxime groups is 1. The summed E-state index contributed by atoms with van der Waals surface area (Å²) < 4.78 is 0. The van der Waals surface area contributed by atoms with Crippen molar-refractivity contribution >= 4 is 23.2 Å². The van der Waals surface area contributed by atoms with Crippen LogP contribution in [0.3, 0.4) is 0 Å². The first kappa shape index (κ1) is 25.5. The fourth-order valence-corrected chi connectivity index (χ4v) is 4.11. The Labute approximate surface area is 212 Å². The number of rotatable bonds is 8. The highest BCUT2D eigenvalue weighted by atomic mass is 16.6. The van der Waals surface area contributed by atoms with Crippen LogP contribution in [0.1, 0.15) is 28.4 Å². The fourth-order valence-electron chi connectivity index (χ4n) is 4.11. The summed E-state index contributed by atoms with van der Waals surface area (Å²) >= 11 is 0. The molecule has 0 aliphatic carbocycles. The number of aliphatic hydroxyl groups is 1. The van der Waals surface area contributed by atoms with E-state index in [0.717, 1.165) is 11.1 Å². The van der Waals surface area contributed by atoms with Crippen molar-refractivity contribution in [3.63, 3.8) is 0 Å². The Kier molecular flexibility index (Phi) is 7.84. The molecule has 2 N–H and O–H groups in total. The zero-order valence-corrected chi connectivity index (χ0v) is 20.0. The van der Waals surface area contributed by atoms with Crippen LogP contribution in [0.2, 0.25) is 0 Å². The zero-order valence-electron chi connectivity index (χ0n) is 20.0. The molecule has 3 aromatic rings. The Morgan fingerprint density at radius 3 is 2.41 bits per heavy atom. The number of nitro groups is 1. The lowest BCUT2D eigenvalue weighted by molar-refractivity contribution is -0.384. The number of aliphatic hydroxyl groups excluding tert-OH is 1. The Bertz CT molecular complexity index is 1300. The smallest absolute Gasteiger partial charge is 0.269 e. The van der Waals surface area contributed by atoms with Crippen molar-refractivity contribution in [2.45, 2.75) is 18.6 Å². The number of hydrogen-bond donors (Lipinski definition) is 2. The van der Waals surface area contributed by atoms with E-state index in [1.165, 1.54) is 36.3 Å². The third kappa shape index (κ3) is 5.96. The van der Waals surface area contributed by atoms with E-state index in [2.05, 4.69) is 15.5 Å². The summed E-state index contributed by atoms with van der Waals surface area (Å²) in [5.74, 6) is -0.789. The van der Waals surface area contributed by atoms with Crippen molar-refractivity contribution in [1.29, 1.82) is 0 Å². The van der Waals surface area contributed by atoms with E-state index in [9.17, 15) is 24.8 Å². The van der Waals surface area contributed by atoms with E-state index < -0.39 is 23.0 Å². The molecule has 11 nitrogen and oxygen atoms in total. The van der Waals surface area contributed by atoms with Gasteiger partial charge in [-0.25, -0.2) is 0 Å². The molecule has 0 saturated carbocycles. The summed E-state index contributed by atoms with van der Waals surface area (Å²) in [6, 6.07) is 15.4. The van der Waals surface area contributed by atoms with Crippen LogP contribution in [0.5, 0.6) is 0 Å². The molecule has 11 heteroatoms. The molecule has 37 heavy (non-hydrogen) atoms. The second-order valence-corrected chi connectivity index (χ2v) is 8.42. The van der Waals surface area contributed by atoms with E-state index in [1.807, 2.05) is 24.3 Å². The number of likely N-dealkylation sites (tertiary alicyclic amines) is 1. The van der Waals surface area contributed by atoms with Gasteiger partial charge >= 0.3 is 0 Å². The third-order valence-corrected chi connectivity index (χ3v) is 6.05. The molecule has 190 valence electrons. The number of nitrogens with zero attached hydrogens (tertiary/aromatic N) is 4. The van der Waals surface area contributed by atoms with Crippen molar-refractivity contribution in [1.82, 2.24) is 15.2 Å². The lowest BCUT2D eigenvalue weighted by atomic mass is 10.0. The number of carbonyl (C=O) groups excluding carboxylic acids is 2. The predicted octanol–water partition coefficient (Wildman–Crippen LogP) is 2.72. The summed E-state index contributed by atoms with van der Waals surface area (Å²) in [6.45, 7) is -0.00562. The fraction of sp³-hybridized carbons (Fsp3) is 0.231. The van der Waals surface area contributed by atoms with E-state index >= 15 is 0 Å². The number of aromatic nitrogens is 1. The van der Waals surface area contributed by atoms with Crippen LogP contribution in [0.4, 0.5) is 5.69 Å². The molecule has 1 aliphatic rings. The van der Waals surface area contributed by atoms with Gasteiger partial charge in [-0.05, 0) is 53.1 Å². The summed E-state index contributed by atoms with van der Waals surface area (Å²) in [5, 5.41) is 27.9. The predicted molar refractivity (Wildman–Crippen MR) is 135 cm³/mol. The topological polar surface area (TPSA) is 147 Å². The molecule has 0 bridgehead atoms. The largest absolute Gasteiger partial charge is 0.399 e. The molecular weight excluding hydrogens is 478 g/mol. The van der Waals surface area contributed by atoms with E-state index in [1.54, 1.807) is 24.5 Å². The van der Waals surface area contributed by atoms with Crippen LogP contribution in [0.15, 0.2) is 78.2 Å². The minimum absolute atomic E-state index is 0.0983. The third-order valence-electron chi connectivity index (χ3n) is 6.05. The van der Waals surface area contributed by atoms with Gasteiger partial charge in [-0.3, -0.25) is 24.7 Å². The van der Waals surface area contributed by atoms with Gasteiger partial charge in [-0.2, -0.15) is 0 Å². The molecule has 0 radical (unpaired) electrons. The second-order valence-electron chi connectivity index (χ2n) is 8.42. The lowest BCUT2D eigenvalue weighted by Gasteiger charge is -2.24. The SMILES string of the molecule is CO/N=C1/CC(C(=O)NC[C@@H](O)c2ccc([N+](=O)[O-])cc2)N(C(=O)c2ccc(-c3ccncc3)cc2)C1. The molecule has 2 aromatic carbocycles. The van der Waals surface area contributed by atoms with E-state index in [4.69, 9.17) is 4.84 Å². The summed E-state index contributed by atoms with van der Waals surface area (Å²) in [5.41, 5.74) is 3.17.